The van der Waals surface area contributed by atoms with Crippen molar-refractivity contribution in [1.82, 2.24) is 9.55 Å². The lowest BCUT2D eigenvalue weighted by molar-refractivity contribution is -0.0503. The van der Waals surface area contributed by atoms with Crippen molar-refractivity contribution in [2.24, 2.45) is 0 Å². The SMILES string of the molecule is Cc1cc(OC(F)F)c(C)cc1Nc1nc(=O)c(F)cn1Cc1cc(F)cc(F)c1. The smallest absolute Gasteiger partial charge is 0.387 e. The molecule has 0 radical (unpaired) electrons. The van der Waals surface area contributed by atoms with Crippen LogP contribution in [0.2, 0.25) is 0 Å². The van der Waals surface area contributed by atoms with E-state index in [0.717, 1.165) is 18.3 Å². The van der Waals surface area contributed by atoms with Gasteiger partial charge in [0.15, 0.2) is 0 Å². The van der Waals surface area contributed by atoms with Gasteiger partial charge in [0.05, 0.1) is 6.54 Å². The molecule has 0 spiro atoms. The molecule has 0 aliphatic rings. The van der Waals surface area contributed by atoms with E-state index in [9.17, 15) is 26.7 Å². The molecular weight excluding hydrogens is 409 g/mol. The lowest BCUT2D eigenvalue weighted by Gasteiger charge is -2.17. The fourth-order valence-electron chi connectivity index (χ4n) is 2.85. The summed E-state index contributed by atoms with van der Waals surface area (Å²) < 4.78 is 71.4. The van der Waals surface area contributed by atoms with Gasteiger partial charge in [0.1, 0.15) is 17.4 Å². The van der Waals surface area contributed by atoms with E-state index in [2.05, 4.69) is 15.0 Å². The molecule has 1 aromatic heterocycles. The third kappa shape index (κ3) is 4.94. The number of hydrogen-bond donors (Lipinski definition) is 1. The monoisotopic (exact) mass is 425 g/mol. The highest BCUT2D eigenvalue weighted by Gasteiger charge is 2.14. The van der Waals surface area contributed by atoms with Crippen LogP contribution in [0.15, 0.2) is 41.3 Å². The molecule has 2 aromatic carbocycles. The summed E-state index contributed by atoms with van der Waals surface area (Å²) >= 11 is 0. The summed E-state index contributed by atoms with van der Waals surface area (Å²) in [6.45, 7) is -0.0272. The molecule has 0 atom stereocenters. The van der Waals surface area contributed by atoms with Gasteiger partial charge in [0.25, 0.3) is 0 Å². The Labute approximate surface area is 167 Å². The normalized spacial score (nSPS) is 11.1. The van der Waals surface area contributed by atoms with Crippen LogP contribution in [-0.2, 0) is 6.54 Å². The van der Waals surface area contributed by atoms with Crippen molar-refractivity contribution < 1.29 is 26.7 Å². The first-order valence-electron chi connectivity index (χ1n) is 8.67. The minimum absolute atomic E-state index is 0.0206. The van der Waals surface area contributed by atoms with Crippen molar-refractivity contribution >= 4 is 11.6 Å². The molecule has 0 unspecified atom stereocenters. The summed E-state index contributed by atoms with van der Waals surface area (Å²) in [5.74, 6) is -2.89. The van der Waals surface area contributed by atoms with Crippen LogP contribution >= 0.6 is 0 Å². The minimum atomic E-state index is -2.99. The molecule has 0 amide bonds. The Morgan fingerprint density at radius 1 is 1.03 bits per heavy atom. The minimum Gasteiger partial charge on any atom is -0.435 e. The Kier molecular flexibility index (Phi) is 6.04. The van der Waals surface area contributed by atoms with Gasteiger partial charge in [-0.25, -0.2) is 8.78 Å². The van der Waals surface area contributed by atoms with Crippen molar-refractivity contribution in [3.05, 3.63) is 81.0 Å². The van der Waals surface area contributed by atoms with Crippen LogP contribution in [0.1, 0.15) is 16.7 Å². The van der Waals surface area contributed by atoms with E-state index in [1.165, 1.54) is 16.7 Å². The van der Waals surface area contributed by atoms with Crippen molar-refractivity contribution in [3.63, 3.8) is 0 Å². The predicted octanol–water partition coefficient (Wildman–Crippen LogP) is 4.67. The Morgan fingerprint density at radius 2 is 1.70 bits per heavy atom. The molecule has 1 N–H and O–H groups in total. The molecule has 0 fully saturated rings. The first kappa shape index (κ1) is 21.3. The molecule has 30 heavy (non-hydrogen) atoms. The van der Waals surface area contributed by atoms with Crippen LogP contribution in [-0.4, -0.2) is 16.2 Å². The summed E-state index contributed by atoms with van der Waals surface area (Å²) in [5, 5.41) is 2.83. The number of hydrogen-bond acceptors (Lipinski definition) is 4. The maximum Gasteiger partial charge on any atom is 0.387 e. The standard InChI is InChI=1S/C20H16F5N3O2/c1-10-4-17(30-19(24)25)11(2)3-16(10)26-20-27-18(29)15(23)9-28(20)8-12-5-13(21)7-14(22)6-12/h3-7,9,19H,8H2,1-2H3,(H,26,27,29). The molecule has 158 valence electrons. The highest BCUT2D eigenvalue weighted by Crippen LogP contribution is 2.29. The maximum absolute atomic E-state index is 13.8. The lowest BCUT2D eigenvalue weighted by Crippen LogP contribution is -2.20. The highest BCUT2D eigenvalue weighted by atomic mass is 19.3. The van der Waals surface area contributed by atoms with E-state index >= 15 is 0 Å². The van der Waals surface area contributed by atoms with Crippen LogP contribution in [0.3, 0.4) is 0 Å². The van der Waals surface area contributed by atoms with Gasteiger partial charge in [-0.15, -0.1) is 0 Å². The summed E-state index contributed by atoms with van der Waals surface area (Å²) in [6, 6.07) is 5.69. The Hall–Kier alpha value is -3.43. The maximum atomic E-state index is 13.8. The fraction of sp³-hybridized carbons (Fsp3) is 0.200. The molecule has 3 rings (SSSR count). The van der Waals surface area contributed by atoms with Crippen molar-refractivity contribution in [2.45, 2.75) is 27.0 Å². The van der Waals surface area contributed by atoms with Crippen LogP contribution in [0.4, 0.5) is 33.6 Å². The average Bonchev–Trinajstić information content (AvgIpc) is 2.62. The van der Waals surface area contributed by atoms with Gasteiger partial charge in [-0.2, -0.15) is 18.2 Å². The predicted molar refractivity (Wildman–Crippen MR) is 99.7 cm³/mol. The van der Waals surface area contributed by atoms with Crippen LogP contribution < -0.4 is 15.6 Å². The van der Waals surface area contributed by atoms with Gasteiger partial charge in [-0.3, -0.25) is 4.79 Å². The number of aromatic nitrogens is 2. The molecular formula is C20H16F5N3O2. The van der Waals surface area contributed by atoms with Crippen molar-refractivity contribution in [1.29, 1.82) is 0 Å². The number of alkyl halides is 2. The summed E-state index contributed by atoms with van der Waals surface area (Å²) in [7, 11) is 0. The topological polar surface area (TPSA) is 56.1 Å². The van der Waals surface area contributed by atoms with Gasteiger partial charge in [0, 0.05) is 18.0 Å². The number of halogens is 5. The van der Waals surface area contributed by atoms with Gasteiger partial charge >= 0.3 is 12.2 Å². The van der Waals surface area contributed by atoms with Crippen molar-refractivity contribution in [2.75, 3.05) is 5.32 Å². The number of nitrogens with one attached hydrogen (secondary N) is 1. The van der Waals surface area contributed by atoms with Gasteiger partial charge < -0.3 is 14.6 Å². The summed E-state index contributed by atoms with van der Waals surface area (Å²) in [6.07, 6.45) is 0.858. The third-order valence-corrected chi connectivity index (χ3v) is 4.21. The molecule has 10 heteroatoms. The van der Waals surface area contributed by atoms with Gasteiger partial charge in [-0.1, -0.05) is 0 Å². The van der Waals surface area contributed by atoms with E-state index in [-0.39, 0.29) is 23.8 Å². The largest absolute Gasteiger partial charge is 0.435 e. The average molecular weight is 425 g/mol. The zero-order chi connectivity index (χ0) is 22.0. The van der Waals surface area contributed by atoms with E-state index in [4.69, 9.17) is 0 Å². The first-order valence-corrected chi connectivity index (χ1v) is 8.67. The van der Waals surface area contributed by atoms with Crippen molar-refractivity contribution in [3.8, 4) is 5.75 Å². The number of nitrogens with zero attached hydrogens (tertiary/aromatic N) is 2. The molecule has 0 bridgehead atoms. The number of ether oxygens (including phenoxy) is 1. The number of anilines is 2. The quantitative estimate of drug-likeness (QED) is 0.584. The molecule has 3 aromatic rings. The molecule has 0 saturated heterocycles. The first-order chi connectivity index (χ1) is 14.1. The number of benzene rings is 2. The molecule has 0 saturated carbocycles. The zero-order valence-corrected chi connectivity index (χ0v) is 15.8. The van der Waals surface area contributed by atoms with Crippen LogP contribution in [0.25, 0.3) is 0 Å². The van der Waals surface area contributed by atoms with Crippen LogP contribution in [0, 0.1) is 31.3 Å². The molecule has 1 heterocycles. The highest BCUT2D eigenvalue weighted by molar-refractivity contribution is 5.62. The fourth-order valence-corrected chi connectivity index (χ4v) is 2.85. The lowest BCUT2D eigenvalue weighted by atomic mass is 10.1. The van der Waals surface area contributed by atoms with E-state index in [1.807, 2.05) is 0 Å². The summed E-state index contributed by atoms with van der Waals surface area (Å²) in [5.41, 5.74) is 0.303. The second-order valence-electron chi connectivity index (χ2n) is 6.56. The summed E-state index contributed by atoms with van der Waals surface area (Å²) in [4.78, 5) is 15.3. The molecule has 5 nitrogen and oxygen atoms in total. The third-order valence-electron chi connectivity index (χ3n) is 4.21. The van der Waals surface area contributed by atoms with Crippen LogP contribution in [0.5, 0.6) is 5.75 Å². The number of aryl methyl sites for hydroxylation is 2. The molecule has 0 aliphatic carbocycles. The van der Waals surface area contributed by atoms with Gasteiger partial charge in [0.2, 0.25) is 11.8 Å². The number of rotatable bonds is 6. The van der Waals surface area contributed by atoms with E-state index in [0.29, 0.717) is 22.9 Å². The Morgan fingerprint density at radius 3 is 2.33 bits per heavy atom. The van der Waals surface area contributed by atoms with E-state index in [1.54, 1.807) is 13.8 Å². The Balaban J connectivity index is 1.99. The second-order valence-corrected chi connectivity index (χ2v) is 6.56. The van der Waals surface area contributed by atoms with Gasteiger partial charge in [-0.05, 0) is 54.8 Å². The second kappa shape index (κ2) is 8.52. The Bertz CT molecular complexity index is 1130. The molecule has 0 aliphatic heterocycles. The van der Waals surface area contributed by atoms with E-state index < -0.39 is 29.6 Å². The zero-order valence-electron chi connectivity index (χ0n) is 15.8.